The second-order valence-corrected chi connectivity index (χ2v) is 4.22. The van der Waals surface area contributed by atoms with Gasteiger partial charge in [-0.15, -0.1) is 12.4 Å². The average Bonchev–Trinajstić information content (AvgIpc) is 2.34. The van der Waals surface area contributed by atoms with E-state index < -0.39 is 11.7 Å². The van der Waals surface area contributed by atoms with Crippen molar-refractivity contribution in [1.82, 2.24) is 0 Å². The zero-order valence-electron chi connectivity index (χ0n) is 10.9. The number of alkyl halides is 3. The Morgan fingerprint density at radius 1 is 1.10 bits per heavy atom. The quantitative estimate of drug-likeness (QED) is 0.789. The maximum Gasteiger partial charge on any atom is 0.416 e. The third kappa shape index (κ3) is 6.77. The molecule has 114 valence electrons. The highest BCUT2D eigenvalue weighted by Crippen LogP contribution is 2.29. The maximum absolute atomic E-state index is 12.3. The first kappa shape index (κ1) is 18.7. The molecule has 3 nitrogen and oxygen atoms in total. The van der Waals surface area contributed by atoms with Gasteiger partial charge in [0.2, 0.25) is 5.91 Å². The van der Waals surface area contributed by atoms with Crippen LogP contribution in [0.2, 0.25) is 0 Å². The molecule has 1 rings (SSSR count). The molecule has 0 aliphatic carbocycles. The predicted molar refractivity (Wildman–Crippen MR) is 74.8 cm³/mol. The van der Waals surface area contributed by atoms with Gasteiger partial charge >= 0.3 is 6.18 Å². The van der Waals surface area contributed by atoms with Gasteiger partial charge in [0, 0.05) is 12.1 Å². The summed E-state index contributed by atoms with van der Waals surface area (Å²) in [5.41, 5.74) is 4.97. The predicted octanol–water partition coefficient (Wildman–Crippen LogP) is 3.58. The number of benzene rings is 1. The van der Waals surface area contributed by atoms with Crippen molar-refractivity contribution < 1.29 is 18.0 Å². The Labute approximate surface area is 122 Å². The van der Waals surface area contributed by atoms with Crippen molar-refractivity contribution in [2.75, 3.05) is 11.9 Å². The van der Waals surface area contributed by atoms with E-state index in [2.05, 4.69) is 5.32 Å². The summed E-state index contributed by atoms with van der Waals surface area (Å²) in [7, 11) is 0. The highest BCUT2D eigenvalue weighted by Gasteiger charge is 2.29. The van der Waals surface area contributed by atoms with Crippen LogP contribution in [0.25, 0.3) is 0 Å². The van der Waals surface area contributed by atoms with Gasteiger partial charge in [0.1, 0.15) is 0 Å². The smallest absolute Gasteiger partial charge is 0.330 e. The van der Waals surface area contributed by atoms with Gasteiger partial charge in [-0.2, -0.15) is 13.2 Å². The first-order chi connectivity index (χ1) is 8.93. The monoisotopic (exact) mass is 310 g/mol. The second-order valence-electron chi connectivity index (χ2n) is 4.22. The molecule has 1 aromatic carbocycles. The van der Waals surface area contributed by atoms with E-state index in [0.29, 0.717) is 18.7 Å². The zero-order chi connectivity index (χ0) is 14.3. The van der Waals surface area contributed by atoms with E-state index in [0.717, 1.165) is 31.4 Å². The molecule has 0 atom stereocenters. The topological polar surface area (TPSA) is 55.1 Å². The molecule has 0 saturated carbocycles. The van der Waals surface area contributed by atoms with Crippen LogP contribution >= 0.6 is 12.4 Å². The molecule has 1 aromatic rings. The van der Waals surface area contributed by atoms with Crippen LogP contribution in [0, 0.1) is 0 Å². The minimum atomic E-state index is -4.36. The summed E-state index contributed by atoms with van der Waals surface area (Å²) >= 11 is 0. The fourth-order valence-electron chi connectivity index (χ4n) is 1.57. The molecular weight excluding hydrogens is 293 g/mol. The molecule has 1 amide bonds. The second kappa shape index (κ2) is 8.81. The summed E-state index contributed by atoms with van der Waals surface area (Å²) in [6.45, 7) is 0.598. The van der Waals surface area contributed by atoms with E-state index >= 15 is 0 Å². The highest BCUT2D eigenvalue weighted by molar-refractivity contribution is 5.90. The van der Waals surface area contributed by atoms with Gasteiger partial charge in [0.15, 0.2) is 0 Å². The molecule has 20 heavy (non-hydrogen) atoms. The summed E-state index contributed by atoms with van der Waals surface area (Å²) in [5, 5.41) is 2.56. The van der Waals surface area contributed by atoms with Crippen molar-refractivity contribution >= 4 is 24.0 Å². The third-order valence-electron chi connectivity index (χ3n) is 2.60. The molecule has 0 unspecified atom stereocenters. The fourth-order valence-corrected chi connectivity index (χ4v) is 1.57. The Bertz CT molecular complexity index is 407. The zero-order valence-corrected chi connectivity index (χ0v) is 11.7. The lowest BCUT2D eigenvalue weighted by Crippen LogP contribution is -2.12. The number of carbonyl (C=O) groups is 1. The fraction of sp³-hybridized carbons (Fsp3) is 0.462. The van der Waals surface area contributed by atoms with Crippen LogP contribution in [-0.4, -0.2) is 12.5 Å². The SMILES string of the molecule is Cl.NCCCCCC(=O)Nc1ccc(C(F)(F)F)cc1. The molecule has 0 fully saturated rings. The molecule has 7 heteroatoms. The van der Waals surface area contributed by atoms with E-state index in [-0.39, 0.29) is 18.3 Å². The molecular formula is C13H18ClF3N2O. The van der Waals surface area contributed by atoms with Gasteiger partial charge < -0.3 is 11.1 Å². The molecule has 0 bridgehead atoms. The van der Waals surface area contributed by atoms with Crippen molar-refractivity contribution in [3.63, 3.8) is 0 Å². The van der Waals surface area contributed by atoms with Gasteiger partial charge in [-0.3, -0.25) is 4.79 Å². The largest absolute Gasteiger partial charge is 0.416 e. The lowest BCUT2D eigenvalue weighted by atomic mass is 10.1. The highest BCUT2D eigenvalue weighted by atomic mass is 35.5. The molecule has 0 aliphatic heterocycles. The lowest BCUT2D eigenvalue weighted by Gasteiger charge is -2.08. The van der Waals surface area contributed by atoms with Gasteiger partial charge in [-0.25, -0.2) is 0 Å². The Kier molecular flexibility index (Phi) is 8.25. The van der Waals surface area contributed by atoms with Crippen LogP contribution in [0.4, 0.5) is 18.9 Å². The van der Waals surface area contributed by atoms with Gasteiger partial charge in [0.25, 0.3) is 0 Å². The standard InChI is InChI=1S/C13H17F3N2O.ClH/c14-13(15,16)10-5-7-11(8-6-10)18-12(19)4-2-1-3-9-17;/h5-8H,1-4,9,17H2,(H,18,19);1H. The normalized spacial score (nSPS) is 10.8. The Morgan fingerprint density at radius 2 is 1.70 bits per heavy atom. The first-order valence-corrected chi connectivity index (χ1v) is 6.10. The number of nitrogens with two attached hydrogens (primary N) is 1. The van der Waals surface area contributed by atoms with Crippen molar-refractivity contribution in [3.05, 3.63) is 29.8 Å². The number of nitrogens with one attached hydrogen (secondary N) is 1. The number of hydrogen-bond acceptors (Lipinski definition) is 2. The van der Waals surface area contributed by atoms with Crippen LogP contribution in [0.15, 0.2) is 24.3 Å². The van der Waals surface area contributed by atoms with Crippen LogP contribution < -0.4 is 11.1 Å². The van der Waals surface area contributed by atoms with E-state index in [4.69, 9.17) is 5.73 Å². The van der Waals surface area contributed by atoms with Crippen LogP contribution in [0.1, 0.15) is 31.2 Å². The van der Waals surface area contributed by atoms with Crippen LogP contribution in [-0.2, 0) is 11.0 Å². The Morgan fingerprint density at radius 3 is 2.20 bits per heavy atom. The van der Waals surface area contributed by atoms with Gasteiger partial charge in [-0.05, 0) is 43.7 Å². The van der Waals surface area contributed by atoms with Crippen molar-refractivity contribution in [3.8, 4) is 0 Å². The number of rotatable bonds is 6. The third-order valence-corrected chi connectivity index (χ3v) is 2.60. The number of hydrogen-bond donors (Lipinski definition) is 2. The number of halogens is 4. The summed E-state index contributed by atoms with van der Waals surface area (Å²) in [4.78, 5) is 11.5. The molecule has 0 radical (unpaired) electrons. The van der Waals surface area contributed by atoms with Gasteiger partial charge in [-0.1, -0.05) is 6.42 Å². The molecule has 0 spiro atoms. The van der Waals surface area contributed by atoms with Crippen LogP contribution in [0.3, 0.4) is 0 Å². The number of amides is 1. The van der Waals surface area contributed by atoms with Crippen molar-refractivity contribution in [1.29, 1.82) is 0 Å². The Hall–Kier alpha value is -1.27. The molecule has 0 aliphatic rings. The lowest BCUT2D eigenvalue weighted by molar-refractivity contribution is -0.137. The average molecular weight is 311 g/mol. The summed E-state index contributed by atoms with van der Waals surface area (Å²) in [6.07, 6.45) is -1.54. The van der Waals surface area contributed by atoms with E-state index in [9.17, 15) is 18.0 Å². The maximum atomic E-state index is 12.3. The first-order valence-electron chi connectivity index (χ1n) is 6.10. The summed E-state index contributed by atoms with van der Waals surface area (Å²) in [6, 6.07) is 4.40. The number of unbranched alkanes of at least 4 members (excludes halogenated alkanes) is 2. The van der Waals surface area contributed by atoms with E-state index in [1.54, 1.807) is 0 Å². The van der Waals surface area contributed by atoms with Crippen molar-refractivity contribution in [2.45, 2.75) is 31.9 Å². The number of anilines is 1. The van der Waals surface area contributed by atoms with E-state index in [1.807, 2.05) is 0 Å². The van der Waals surface area contributed by atoms with Crippen LogP contribution in [0.5, 0.6) is 0 Å². The number of carbonyl (C=O) groups excluding carboxylic acids is 1. The summed E-state index contributed by atoms with van der Waals surface area (Å²) in [5.74, 6) is -0.197. The van der Waals surface area contributed by atoms with E-state index in [1.165, 1.54) is 12.1 Å². The minimum Gasteiger partial charge on any atom is -0.330 e. The molecule has 0 heterocycles. The molecule has 0 aromatic heterocycles. The minimum absolute atomic E-state index is 0. The molecule has 0 saturated heterocycles. The van der Waals surface area contributed by atoms with Gasteiger partial charge in [0.05, 0.1) is 5.56 Å². The summed E-state index contributed by atoms with van der Waals surface area (Å²) < 4.78 is 37.0. The van der Waals surface area contributed by atoms with Crippen molar-refractivity contribution in [2.24, 2.45) is 5.73 Å². The molecule has 3 N–H and O–H groups in total. The Balaban J connectivity index is 0.00000361.